The van der Waals surface area contributed by atoms with E-state index in [2.05, 4.69) is 25.6 Å². The fraction of sp³-hybridized carbons (Fsp3) is 0.286. The van der Waals surface area contributed by atoms with Gasteiger partial charge in [0.1, 0.15) is 17.5 Å². The lowest BCUT2D eigenvalue weighted by Crippen LogP contribution is -2.37. The number of carbonyl (C=O) groups excluding carboxylic acids is 2. The third-order valence-corrected chi connectivity index (χ3v) is 7.67. The molecular weight excluding hydrogens is 503 g/mol. The van der Waals surface area contributed by atoms with Gasteiger partial charge in [-0.2, -0.15) is 0 Å². The molecule has 38 heavy (non-hydrogen) atoms. The molecule has 0 radical (unpaired) electrons. The van der Waals surface area contributed by atoms with E-state index < -0.39 is 0 Å². The van der Waals surface area contributed by atoms with Gasteiger partial charge in [-0.05, 0) is 42.2 Å². The number of thiazole rings is 1. The quantitative estimate of drug-likeness (QED) is 0.277. The lowest BCUT2D eigenvalue weighted by molar-refractivity contribution is -0.115. The van der Waals surface area contributed by atoms with Gasteiger partial charge in [0.25, 0.3) is 5.91 Å². The highest BCUT2D eigenvalue weighted by Gasteiger charge is 2.38. The molecule has 1 unspecified atom stereocenters. The molecular formula is C28H27FN6O2S. The molecule has 1 aromatic carbocycles. The Kier molecular flexibility index (Phi) is 6.40. The topological polar surface area (TPSA) is 103 Å². The number of fused-ring (bicyclic) bond motifs is 1. The Morgan fingerprint density at radius 3 is 2.74 bits per heavy atom. The van der Waals surface area contributed by atoms with Gasteiger partial charge < -0.3 is 20.5 Å². The fourth-order valence-corrected chi connectivity index (χ4v) is 5.55. The highest BCUT2D eigenvalue weighted by molar-refractivity contribution is 7.07. The molecule has 0 bridgehead atoms. The highest BCUT2D eigenvalue weighted by atomic mass is 32.1. The SMILES string of the molecule is CN1CC(CC2CC2)c2[nH]c(-c3ccnc(NC(=O)Cc4ccc(F)cc4)c3)c(Nc3cscn3)c2C1=O. The van der Waals surface area contributed by atoms with E-state index in [9.17, 15) is 14.0 Å². The standard InChI is InChI=1S/C28H27FN6O2S/c1-35-13-19(10-16-2-3-16)25-24(28(35)37)27(33-22-14-38-15-31-22)26(34-25)18-8-9-30-21(12-18)32-23(36)11-17-4-6-20(29)7-5-17/h4-9,12,14-16,19,33-34H,2-3,10-11,13H2,1H3,(H,30,32,36). The van der Waals surface area contributed by atoms with E-state index in [4.69, 9.17) is 0 Å². The summed E-state index contributed by atoms with van der Waals surface area (Å²) >= 11 is 1.47. The van der Waals surface area contributed by atoms with Crippen LogP contribution in [0, 0.1) is 11.7 Å². The van der Waals surface area contributed by atoms with Crippen molar-refractivity contribution in [3.05, 3.63) is 76.1 Å². The highest BCUT2D eigenvalue weighted by Crippen LogP contribution is 2.46. The minimum absolute atomic E-state index is 0.0332. The minimum Gasteiger partial charge on any atom is -0.356 e. The van der Waals surface area contributed by atoms with Crippen molar-refractivity contribution in [2.75, 3.05) is 24.2 Å². The number of nitrogens with one attached hydrogen (secondary N) is 3. The van der Waals surface area contributed by atoms with Gasteiger partial charge >= 0.3 is 0 Å². The van der Waals surface area contributed by atoms with Crippen LogP contribution >= 0.6 is 11.3 Å². The molecule has 2 amide bonds. The number of aromatic amines is 1. The maximum Gasteiger partial charge on any atom is 0.257 e. The van der Waals surface area contributed by atoms with E-state index in [1.165, 1.54) is 36.3 Å². The smallest absolute Gasteiger partial charge is 0.257 e. The van der Waals surface area contributed by atoms with Gasteiger partial charge in [0.15, 0.2) is 0 Å². The molecule has 3 aromatic heterocycles. The number of anilines is 3. The predicted molar refractivity (Wildman–Crippen MR) is 145 cm³/mol. The van der Waals surface area contributed by atoms with Crippen LogP contribution in [0.4, 0.5) is 21.7 Å². The first-order valence-electron chi connectivity index (χ1n) is 12.6. The van der Waals surface area contributed by atoms with E-state index in [0.29, 0.717) is 40.9 Å². The molecule has 6 rings (SSSR count). The Hall–Kier alpha value is -4.05. The van der Waals surface area contributed by atoms with Crippen LogP contribution in [-0.4, -0.2) is 45.3 Å². The second-order valence-corrected chi connectivity index (χ2v) is 10.7. The van der Waals surface area contributed by atoms with Crippen molar-refractivity contribution in [1.29, 1.82) is 0 Å². The lowest BCUT2D eigenvalue weighted by atomic mass is 9.90. The molecule has 1 aliphatic heterocycles. The van der Waals surface area contributed by atoms with Gasteiger partial charge in [-0.3, -0.25) is 9.59 Å². The number of likely N-dealkylation sites (N-methyl/N-ethyl adjacent to an activating group) is 1. The third-order valence-electron chi connectivity index (χ3n) is 7.09. The molecule has 0 saturated heterocycles. The normalized spacial score (nSPS) is 16.8. The molecule has 8 nitrogen and oxygen atoms in total. The summed E-state index contributed by atoms with van der Waals surface area (Å²) in [4.78, 5) is 40.2. The van der Waals surface area contributed by atoms with E-state index in [0.717, 1.165) is 23.4 Å². The average Bonchev–Trinajstić information content (AvgIpc) is 3.41. The van der Waals surface area contributed by atoms with Gasteiger partial charge in [0.05, 0.1) is 28.9 Å². The minimum atomic E-state index is -0.344. The summed E-state index contributed by atoms with van der Waals surface area (Å²) in [5.74, 6) is 1.35. The second-order valence-electron chi connectivity index (χ2n) is 10.0. The van der Waals surface area contributed by atoms with Gasteiger partial charge in [0, 0.05) is 42.3 Å². The summed E-state index contributed by atoms with van der Waals surface area (Å²) in [6, 6.07) is 9.48. The number of nitrogens with zero attached hydrogens (tertiary/aromatic N) is 3. The number of aromatic nitrogens is 3. The number of H-pyrrole nitrogens is 1. The molecule has 1 fully saturated rings. The summed E-state index contributed by atoms with van der Waals surface area (Å²) in [6.45, 7) is 0.680. The monoisotopic (exact) mass is 530 g/mol. The largest absolute Gasteiger partial charge is 0.356 e. The molecule has 194 valence electrons. The Bertz CT molecular complexity index is 1480. The van der Waals surface area contributed by atoms with E-state index >= 15 is 0 Å². The summed E-state index contributed by atoms with van der Waals surface area (Å²) in [5, 5.41) is 8.11. The zero-order valence-electron chi connectivity index (χ0n) is 20.8. The number of carbonyl (C=O) groups is 2. The van der Waals surface area contributed by atoms with Crippen LogP contribution in [0.5, 0.6) is 0 Å². The molecule has 4 heterocycles. The first-order chi connectivity index (χ1) is 18.4. The van der Waals surface area contributed by atoms with Crippen LogP contribution in [0.1, 0.15) is 46.8 Å². The number of benzene rings is 1. The second kappa shape index (κ2) is 10.0. The molecule has 1 aliphatic carbocycles. The van der Waals surface area contributed by atoms with Crippen LogP contribution in [0.2, 0.25) is 0 Å². The predicted octanol–water partition coefficient (Wildman–Crippen LogP) is 5.57. The average molecular weight is 531 g/mol. The van der Waals surface area contributed by atoms with Gasteiger partial charge in [-0.1, -0.05) is 25.0 Å². The summed E-state index contributed by atoms with van der Waals surface area (Å²) < 4.78 is 13.2. The molecule has 4 aromatic rings. The van der Waals surface area contributed by atoms with Crippen molar-refractivity contribution in [2.24, 2.45) is 5.92 Å². The van der Waals surface area contributed by atoms with Crippen molar-refractivity contribution >= 4 is 40.5 Å². The van der Waals surface area contributed by atoms with Crippen molar-refractivity contribution in [3.8, 4) is 11.3 Å². The number of rotatable bonds is 8. The van der Waals surface area contributed by atoms with Crippen LogP contribution < -0.4 is 10.6 Å². The van der Waals surface area contributed by atoms with Crippen molar-refractivity contribution in [2.45, 2.75) is 31.6 Å². The Morgan fingerprint density at radius 1 is 1.18 bits per heavy atom. The van der Waals surface area contributed by atoms with Gasteiger partial charge in [-0.25, -0.2) is 14.4 Å². The van der Waals surface area contributed by atoms with Gasteiger partial charge in [0.2, 0.25) is 5.91 Å². The molecule has 2 aliphatic rings. The summed E-state index contributed by atoms with van der Waals surface area (Å²) in [6.07, 6.45) is 5.26. The molecule has 3 N–H and O–H groups in total. The summed E-state index contributed by atoms with van der Waals surface area (Å²) in [5.41, 5.74) is 6.26. The Labute approximate surface area is 223 Å². The zero-order valence-corrected chi connectivity index (χ0v) is 21.6. The lowest BCUT2D eigenvalue weighted by Gasteiger charge is -2.30. The molecule has 0 spiro atoms. The fourth-order valence-electron chi connectivity index (χ4n) is 5.06. The van der Waals surface area contributed by atoms with Crippen LogP contribution in [0.15, 0.2) is 53.5 Å². The van der Waals surface area contributed by atoms with Crippen molar-refractivity contribution in [1.82, 2.24) is 19.9 Å². The zero-order chi connectivity index (χ0) is 26.2. The number of pyridine rings is 1. The number of amides is 2. The van der Waals surface area contributed by atoms with Crippen molar-refractivity contribution < 1.29 is 14.0 Å². The van der Waals surface area contributed by atoms with Crippen LogP contribution in [0.25, 0.3) is 11.3 Å². The molecule has 10 heteroatoms. The van der Waals surface area contributed by atoms with E-state index in [-0.39, 0.29) is 30.0 Å². The summed E-state index contributed by atoms with van der Waals surface area (Å²) in [7, 11) is 1.85. The van der Waals surface area contributed by atoms with E-state index in [1.54, 1.807) is 34.8 Å². The number of hydrogen-bond acceptors (Lipinski definition) is 6. The third kappa shape index (κ3) is 5.04. The first kappa shape index (κ1) is 24.3. The first-order valence-corrected chi connectivity index (χ1v) is 13.6. The Morgan fingerprint density at radius 2 is 2.00 bits per heavy atom. The van der Waals surface area contributed by atoms with Crippen LogP contribution in [-0.2, 0) is 11.2 Å². The maximum atomic E-state index is 13.4. The van der Waals surface area contributed by atoms with E-state index in [1.807, 2.05) is 18.5 Å². The van der Waals surface area contributed by atoms with Crippen molar-refractivity contribution in [3.63, 3.8) is 0 Å². The Balaban J connectivity index is 1.34. The number of halogens is 1. The molecule has 1 atom stereocenters. The molecule has 1 saturated carbocycles. The maximum absolute atomic E-state index is 13.4. The van der Waals surface area contributed by atoms with Gasteiger partial charge in [-0.15, -0.1) is 11.3 Å². The number of hydrogen-bond donors (Lipinski definition) is 3. The van der Waals surface area contributed by atoms with Crippen LogP contribution in [0.3, 0.4) is 0 Å².